The van der Waals surface area contributed by atoms with Crippen LogP contribution in [0.2, 0.25) is 0 Å². The highest BCUT2D eigenvalue weighted by molar-refractivity contribution is 7.91. The van der Waals surface area contributed by atoms with Gasteiger partial charge in [0.1, 0.15) is 0 Å². The quantitative estimate of drug-likeness (QED) is 0.794. The zero-order valence-corrected chi connectivity index (χ0v) is 11.9. The van der Waals surface area contributed by atoms with Crippen molar-refractivity contribution in [2.75, 3.05) is 19.6 Å². The summed E-state index contributed by atoms with van der Waals surface area (Å²) in [5.41, 5.74) is 1.32. The van der Waals surface area contributed by atoms with Crippen LogP contribution in [0.4, 0.5) is 0 Å². The van der Waals surface area contributed by atoms with Crippen LogP contribution in [0.3, 0.4) is 0 Å². The van der Waals surface area contributed by atoms with Gasteiger partial charge in [0.15, 0.2) is 4.21 Å². The second-order valence-corrected chi connectivity index (χ2v) is 7.39. The summed E-state index contributed by atoms with van der Waals surface area (Å²) in [4.78, 5) is 3.96. The van der Waals surface area contributed by atoms with Crippen LogP contribution in [0.15, 0.2) is 22.1 Å². The zero-order chi connectivity index (χ0) is 13.0. The molecule has 2 rings (SSSR count). The van der Waals surface area contributed by atoms with Crippen LogP contribution in [0.5, 0.6) is 0 Å². The van der Waals surface area contributed by atoms with Gasteiger partial charge in [0.25, 0.3) is 10.0 Å². The number of aromatic nitrogens is 1. The number of hydrogen-bond acceptors (Lipinski definition) is 5. The lowest BCUT2D eigenvalue weighted by atomic mass is 10.1. The summed E-state index contributed by atoms with van der Waals surface area (Å²) < 4.78 is 26.7. The second kappa shape index (κ2) is 5.92. The average molecular weight is 287 g/mol. The molecule has 0 unspecified atom stereocenters. The van der Waals surface area contributed by atoms with Crippen molar-refractivity contribution in [1.82, 2.24) is 15.0 Å². The lowest BCUT2D eigenvalue weighted by Gasteiger charge is -2.13. The third-order valence-corrected chi connectivity index (χ3v) is 5.60. The normalized spacial score (nSPS) is 16.6. The Morgan fingerprint density at radius 2 is 2.39 bits per heavy atom. The molecule has 2 N–H and O–H groups in total. The molecule has 1 aromatic heterocycles. The zero-order valence-electron chi connectivity index (χ0n) is 10.3. The van der Waals surface area contributed by atoms with Gasteiger partial charge in [0, 0.05) is 13.1 Å². The summed E-state index contributed by atoms with van der Waals surface area (Å²) >= 11 is 1.19. The third kappa shape index (κ3) is 3.61. The van der Waals surface area contributed by atoms with E-state index in [4.69, 9.17) is 0 Å². The van der Waals surface area contributed by atoms with Gasteiger partial charge in [-0.1, -0.05) is 11.6 Å². The molecule has 0 radical (unpaired) electrons. The first kappa shape index (κ1) is 13.7. The molecule has 5 nitrogen and oxygen atoms in total. The van der Waals surface area contributed by atoms with Crippen molar-refractivity contribution in [3.8, 4) is 0 Å². The Hall–Kier alpha value is -0.760. The van der Waals surface area contributed by atoms with Gasteiger partial charge in [-0.25, -0.2) is 18.1 Å². The van der Waals surface area contributed by atoms with E-state index in [9.17, 15) is 8.42 Å². The second-order valence-electron chi connectivity index (χ2n) is 4.16. The molecule has 0 amide bonds. The van der Waals surface area contributed by atoms with Gasteiger partial charge in [-0.2, -0.15) is 0 Å². The Bertz CT molecular complexity index is 534. The number of thiazole rings is 1. The number of rotatable bonds is 5. The van der Waals surface area contributed by atoms with Crippen molar-refractivity contribution in [1.29, 1.82) is 0 Å². The largest absolute Gasteiger partial charge is 0.313 e. The predicted octanol–water partition coefficient (Wildman–Crippen LogP) is 1.04. The van der Waals surface area contributed by atoms with Crippen LogP contribution in [-0.4, -0.2) is 33.0 Å². The molecule has 100 valence electrons. The fourth-order valence-corrected chi connectivity index (χ4v) is 3.96. The first-order valence-electron chi connectivity index (χ1n) is 5.89. The highest BCUT2D eigenvalue weighted by atomic mass is 32.2. The van der Waals surface area contributed by atoms with E-state index in [1.807, 2.05) is 0 Å². The monoisotopic (exact) mass is 287 g/mol. The van der Waals surface area contributed by atoms with Crippen LogP contribution >= 0.6 is 11.3 Å². The van der Waals surface area contributed by atoms with Gasteiger partial charge in [-0.15, -0.1) is 11.3 Å². The summed E-state index contributed by atoms with van der Waals surface area (Å²) in [6.45, 7) is 4.11. The minimum atomic E-state index is -3.38. The van der Waals surface area contributed by atoms with Gasteiger partial charge < -0.3 is 5.32 Å². The van der Waals surface area contributed by atoms with E-state index >= 15 is 0 Å². The van der Waals surface area contributed by atoms with Gasteiger partial charge in [0.05, 0.1) is 11.2 Å². The molecule has 2 heterocycles. The molecule has 18 heavy (non-hydrogen) atoms. The van der Waals surface area contributed by atoms with Crippen molar-refractivity contribution >= 4 is 21.4 Å². The highest BCUT2D eigenvalue weighted by Crippen LogP contribution is 2.17. The van der Waals surface area contributed by atoms with Gasteiger partial charge >= 0.3 is 0 Å². The van der Waals surface area contributed by atoms with Crippen molar-refractivity contribution in [3.63, 3.8) is 0 Å². The smallest absolute Gasteiger partial charge is 0.251 e. The minimum absolute atomic E-state index is 0.291. The molecule has 0 aromatic carbocycles. The SMILES string of the molecule is Cc1ncc(S(=O)(=O)NCCC2=CCNCC2)s1. The molecule has 7 heteroatoms. The number of hydrogen-bond donors (Lipinski definition) is 2. The third-order valence-electron chi connectivity index (χ3n) is 2.76. The Labute approximate surface area is 111 Å². The molecule has 0 aliphatic carbocycles. The van der Waals surface area contributed by atoms with Crippen LogP contribution in [0.25, 0.3) is 0 Å². The van der Waals surface area contributed by atoms with Crippen LogP contribution in [0.1, 0.15) is 17.8 Å². The molecule has 0 spiro atoms. The Morgan fingerprint density at radius 3 is 3.00 bits per heavy atom. The van der Waals surface area contributed by atoms with E-state index in [0.717, 1.165) is 30.9 Å². The summed E-state index contributed by atoms with van der Waals surface area (Å²) in [7, 11) is -3.38. The minimum Gasteiger partial charge on any atom is -0.313 e. The first-order chi connectivity index (χ1) is 8.58. The van der Waals surface area contributed by atoms with Gasteiger partial charge in [-0.05, 0) is 26.3 Å². The van der Waals surface area contributed by atoms with Gasteiger partial charge in [0.2, 0.25) is 0 Å². The average Bonchev–Trinajstić information content (AvgIpc) is 2.78. The molecule has 1 aromatic rings. The Kier molecular flexibility index (Phi) is 4.50. The first-order valence-corrected chi connectivity index (χ1v) is 8.18. The number of sulfonamides is 1. The Balaban J connectivity index is 1.87. The summed E-state index contributed by atoms with van der Waals surface area (Å²) in [6.07, 6.45) is 5.32. The molecule has 0 atom stereocenters. The highest BCUT2D eigenvalue weighted by Gasteiger charge is 2.16. The molecule has 0 saturated heterocycles. The molecular weight excluding hydrogens is 270 g/mol. The van der Waals surface area contributed by atoms with E-state index in [1.54, 1.807) is 6.92 Å². The van der Waals surface area contributed by atoms with E-state index < -0.39 is 10.0 Å². The van der Waals surface area contributed by atoms with Crippen molar-refractivity contribution in [2.45, 2.75) is 24.0 Å². The molecule has 0 bridgehead atoms. The van der Waals surface area contributed by atoms with Crippen molar-refractivity contribution in [2.24, 2.45) is 0 Å². The Morgan fingerprint density at radius 1 is 1.56 bits per heavy atom. The van der Waals surface area contributed by atoms with Gasteiger partial charge in [-0.3, -0.25) is 0 Å². The fraction of sp³-hybridized carbons (Fsp3) is 0.545. The topological polar surface area (TPSA) is 71.1 Å². The molecular formula is C11H17N3O2S2. The number of aryl methyl sites for hydroxylation is 1. The maximum absolute atomic E-state index is 11.9. The van der Waals surface area contributed by atoms with E-state index in [0.29, 0.717) is 10.8 Å². The lowest BCUT2D eigenvalue weighted by Crippen LogP contribution is -2.26. The van der Waals surface area contributed by atoms with E-state index in [-0.39, 0.29) is 0 Å². The molecule has 0 fully saturated rings. The van der Waals surface area contributed by atoms with Crippen molar-refractivity contribution < 1.29 is 8.42 Å². The van der Waals surface area contributed by atoms with Crippen molar-refractivity contribution in [3.05, 3.63) is 22.9 Å². The van der Waals surface area contributed by atoms with Crippen LogP contribution in [-0.2, 0) is 10.0 Å². The summed E-state index contributed by atoms with van der Waals surface area (Å²) in [5, 5.41) is 3.99. The van der Waals surface area contributed by atoms with Crippen LogP contribution in [0, 0.1) is 6.92 Å². The maximum Gasteiger partial charge on any atom is 0.251 e. The summed E-state index contributed by atoms with van der Waals surface area (Å²) in [6, 6.07) is 0. The standard InChI is InChI=1S/C11H17N3O2S2/c1-9-13-8-11(17-9)18(15,16)14-7-4-10-2-5-12-6-3-10/h2,8,12,14H,3-7H2,1H3. The maximum atomic E-state index is 11.9. The predicted molar refractivity (Wildman–Crippen MR) is 72.2 cm³/mol. The lowest BCUT2D eigenvalue weighted by molar-refractivity contribution is 0.581. The van der Waals surface area contributed by atoms with Crippen LogP contribution < -0.4 is 10.0 Å². The number of nitrogens with one attached hydrogen (secondary N) is 2. The molecule has 0 saturated carbocycles. The summed E-state index contributed by atoms with van der Waals surface area (Å²) in [5.74, 6) is 0. The van der Waals surface area contributed by atoms with E-state index in [2.05, 4.69) is 21.1 Å². The van der Waals surface area contributed by atoms with E-state index in [1.165, 1.54) is 23.1 Å². The fourth-order valence-electron chi connectivity index (χ4n) is 1.78. The molecule has 1 aliphatic heterocycles. The molecule has 1 aliphatic rings. The number of nitrogens with zero attached hydrogens (tertiary/aromatic N) is 1.